The number of benzene rings is 4. The standard InChI is InChI=1S/C25H22O3/c1-2-3-12-23(27)28-22-16-14-18-9-5-7-11-20(18)25(22)24-19-10-6-4-8-17(19)13-15-21(24)26/h4-11,13-16,26H,2-3,12H2,1H3. The highest BCUT2D eigenvalue weighted by molar-refractivity contribution is 6.10. The lowest BCUT2D eigenvalue weighted by atomic mass is 9.92. The molecule has 0 aromatic heterocycles. The Hall–Kier alpha value is -3.33. The third-order valence-electron chi connectivity index (χ3n) is 5.01. The maximum absolute atomic E-state index is 12.4. The average Bonchev–Trinajstić information content (AvgIpc) is 2.73. The first-order chi connectivity index (χ1) is 13.7. The topological polar surface area (TPSA) is 46.5 Å². The van der Waals surface area contributed by atoms with Gasteiger partial charge in [-0.1, -0.05) is 74.0 Å². The van der Waals surface area contributed by atoms with E-state index in [1.807, 2.05) is 73.7 Å². The average molecular weight is 370 g/mol. The predicted molar refractivity (Wildman–Crippen MR) is 114 cm³/mol. The third kappa shape index (κ3) is 3.31. The monoisotopic (exact) mass is 370 g/mol. The zero-order valence-corrected chi connectivity index (χ0v) is 15.8. The summed E-state index contributed by atoms with van der Waals surface area (Å²) in [6.07, 6.45) is 2.11. The molecule has 0 fully saturated rings. The molecule has 0 saturated heterocycles. The summed E-state index contributed by atoms with van der Waals surface area (Å²) in [5.74, 6) is 0.394. The van der Waals surface area contributed by atoms with Gasteiger partial charge < -0.3 is 9.84 Å². The maximum atomic E-state index is 12.4. The van der Waals surface area contributed by atoms with Crippen LogP contribution in [-0.2, 0) is 4.79 Å². The maximum Gasteiger partial charge on any atom is 0.311 e. The number of ether oxygens (including phenoxy) is 1. The van der Waals surface area contributed by atoms with E-state index >= 15 is 0 Å². The molecule has 0 aliphatic heterocycles. The summed E-state index contributed by atoms with van der Waals surface area (Å²) in [6.45, 7) is 2.04. The first-order valence-corrected chi connectivity index (χ1v) is 9.62. The van der Waals surface area contributed by atoms with Gasteiger partial charge in [-0.15, -0.1) is 0 Å². The van der Waals surface area contributed by atoms with E-state index < -0.39 is 0 Å². The molecule has 4 aromatic rings. The van der Waals surface area contributed by atoms with Crippen LogP contribution in [0, 0.1) is 0 Å². The van der Waals surface area contributed by atoms with Crippen LogP contribution in [0.15, 0.2) is 72.8 Å². The Labute approximate surface area is 164 Å². The van der Waals surface area contributed by atoms with Crippen molar-refractivity contribution >= 4 is 27.5 Å². The van der Waals surface area contributed by atoms with Gasteiger partial charge in [0.05, 0.1) is 0 Å². The Bertz CT molecular complexity index is 1160. The van der Waals surface area contributed by atoms with Gasteiger partial charge in [0.1, 0.15) is 11.5 Å². The lowest BCUT2D eigenvalue weighted by Crippen LogP contribution is -2.08. The molecule has 0 bridgehead atoms. The normalized spacial score (nSPS) is 11.0. The van der Waals surface area contributed by atoms with E-state index in [1.165, 1.54) is 0 Å². The second-order valence-corrected chi connectivity index (χ2v) is 6.92. The van der Waals surface area contributed by atoms with Crippen LogP contribution in [0.25, 0.3) is 32.7 Å². The van der Waals surface area contributed by atoms with E-state index in [0.29, 0.717) is 17.7 Å². The first-order valence-electron chi connectivity index (χ1n) is 9.62. The number of hydrogen-bond donors (Lipinski definition) is 1. The Morgan fingerprint density at radius 2 is 1.43 bits per heavy atom. The van der Waals surface area contributed by atoms with Gasteiger partial charge in [0.15, 0.2) is 0 Å². The van der Waals surface area contributed by atoms with Crippen molar-refractivity contribution in [3.8, 4) is 22.6 Å². The van der Waals surface area contributed by atoms with E-state index in [1.54, 1.807) is 6.07 Å². The van der Waals surface area contributed by atoms with Crippen LogP contribution < -0.4 is 4.74 Å². The van der Waals surface area contributed by atoms with Crippen molar-refractivity contribution in [2.24, 2.45) is 0 Å². The summed E-state index contributed by atoms with van der Waals surface area (Å²) in [6, 6.07) is 23.2. The predicted octanol–water partition coefficient (Wildman–Crippen LogP) is 6.46. The highest BCUT2D eigenvalue weighted by atomic mass is 16.5. The van der Waals surface area contributed by atoms with Crippen molar-refractivity contribution < 1.29 is 14.6 Å². The summed E-state index contributed by atoms with van der Waals surface area (Å²) in [7, 11) is 0. The Morgan fingerprint density at radius 3 is 2.11 bits per heavy atom. The summed E-state index contributed by atoms with van der Waals surface area (Å²) in [5, 5.41) is 14.7. The molecule has 0 radical (unpaired) electrons. The second-order valence-electron chi connectivity index (χ2n) is 6.92. The van der Waals surface area contributed by atoms with Crippen LogP contribution in [0.1, 0.15) is 26.2 Å². The third-order valence-corrected chi connectivity index (χ3v) is 5.01. The molecule has 140 valence electrons. The van der Waals surface area contributed by atoms with E-state index in [9.17, 15) is 9.90 Å². The molecule has 0 aliphatic rings. The van der Waals surface area contributed by atoms with Crippen LogP contribution in [0.5, 0.6) is 11.5 Å². The number of unbranched alkanes of at least 4 members (excludes halogenated alkanes) is 1. The van der Waals surface area contributed by atoms with Gasteiger partial charge in [-0.25, -0.2) is 0 Å². The number of phenolic OH excluding ortho intramolecular Hbond substituents is 1. The Morgan fingerprint density at radius 1 is 0.821 bits per heavy atom. The summed E-state index contributed by atoms with van der Waals surface area (Å²) in [4.78, 5) is 12.4. The SMILES string of the molecule is CCCCC(=O)Oc1ccc2ccccc2c1-c1c(O)ccc2ccccc12. The minimum absolute atomic E-state index is 0.168. The number of aromatic hydroxyl groups is 1. The van der Waals surface area contributed by atoms with Gasteiger partial charge in [0.25, 0.3) is 0 Å². The number of phenols is 1. The Kier molecular flexibility index (Phi) is 4.98. The van der Waals surface area contributed by atoms with E-state index in [2.05, 4.69) is 0 Å². The Balaban J connectivity index is 1.99. The lowest BCUT2D eigenvalue weighted by Gasteiger charge is -2.16. The molecule has 0 amide bonds. The molecule has 0 atom stereocenters. The minimum atomic E-state index is -0.252. The molecular formula is C25H22O3. The molecule has 0 spiro atoms. The van der Waals surface area contributed by atoms with Crippen molar-refractivity contribution in [3.63, 3.8) is 0 Å². The fraction of sp³-hybridized carbons (Fsp3) is 0.160. The van der Waals surface area contributed by atoms with Crippen molar-refractivity contribution in [2.45, 2.75) is 26.2 Å². The van der Waals surface area contributed by atoms with Crippen molar-refractivity contribution in [3.05, 3.63) is 72.8 Å². The van der Waals surface area contributed by atoms with Gasteiger partial charge in [-0.2, -0.15) is 0 Å². The van der Waals surface area contributed by atoms with E-state index in [4.69, 9.17) is 4.74 Å². The van der Waals surface area contributed by atoms with Crippen LogP contribution in [0.3, 0.4) is 0 Å². The molecule has 1 N–H and O–H groups in total. The molecular weight excluding hydrogens is 348 g/mol. The zero-order chi connectivity index (χ0) is 19.5. The molecule has 3 heteroatoms. The zero-order valence-electron chi connectivity index (χ0n) is 15.8. The van der Waals surface area contributed by atoms with E-state index in [0.717, 1.165) is 39.9 Å². The fourth-order valence-corrected chi connectivity index (χ4v) is 3.61. The van der Waals surface area contributed by atoms with Crippen molar-refractivity contribution in [1.29, 1.82) is 0 Å². The molecule has 28 heavy (non-hydrogen) atoms. The number of fused-ring (bicyclic) bond motifs is 2. The van der Waals surface area contributed by atoms with Crippen LogP contribution in [0.2, 0.25) is 0 Å². The highest BCUT2D eigenvalue weighted by Gasteiger charge is 2.19. The summed E-state index contributed by atoms with van der Waals surface area (Å²) in [5.41, 5.74) is 1.44. The first kappa shape index (κ1) is 18.1. The quantitative estimate of drug-likeness (QED) is 0.324. The number of hydrogen-bond acceptors (Lipinski definition) is 3. The summed E-state index contributed by atoms with van der Waals surface area (Å²) < 4.78 is 5.76. The molecule has 0 aliphatic carbocycles. The van der Waals surface area contributed by atoms with Gasteiger partial charge in [0.2, 0.25) is 0 Å². The number of carbonyl (C=O) groups is 1. The molecule has 4 rings (SSSR count). The van der Waals surface area contributed by atoms with Crippen LogP contribution in [0.4, 0.5) is 0 Å². The summed E-state index contributed by atoms with van der Waals surface area (Å²) >= 11 is 0. The smallest absolute Gasteiger partial charge is 0.311 e. The minimum Gasteiger partial charge on any atom is -0.507 e. The second kappa shape index (κ2) is 7.73. The lowest BCUT2D eigenvalue weighted by molar-refractivity contribution is -0.134. The van der Waals surface area contributed by atoms with Crippen molar-refractivity contribution in [1.82, 2.24) is 0 Å². The molecule has 3 nitrogen and oxygen atoms in total. The molecule has 4 aromatic carbocycles. The van der Waals surface area contributed by atoms with Crippen LogP contribution in [-0.4, -0.2) is 11.1 Å². The van der Waals surface area contributed by atoms with Crippen LogP contribution >= 0.6 is 0 Å². The number of rotatable bonds is 5. The number of esters is 1. The van der Waals surface area contributed by atoms with E-state index in [-0.39, 0.29) is 11.7 Å². The van der Waals surface area contributed by atoms with Gasteiger partial charge >= 0.3 is 5.97 Å². The van der Waals surface area contributed by atoms with Gasteiger partial charge in [0, 0.05) is 17.5 Å². The van der Waals surface area contributed by atoms with Gasteiger partial charge in [-0.05, 0) is 40.1 Å². The largest absolute Gasteiger partial charge is 0.507 e. The molecule has 0 heterocycles. The highest BCUT2D eigenvalue weighted by Crippen LogP contribution is 2.45. The molecule has 0 unspecified atom stereocenters. The van der Waals surface area contributed by atoms with Crippen molar-refractivity contribution in [2.75, 3.05) is 0 Å². The fourth-order valence-electron chi connectivity index (χ4n) is 3.61. The molecule has 0 saturated carbocycles. The van der Waals surface area contributed by atoms with Gasteiger partial charge in [-0.3, -0.25) is 4.79 Å². The number of carbonyl (C=O) groups excluding carboxylic acids is 1.